The van der Waals surface area contributed by atoms with Gasteiger partial charge in [-0.3, -0.25) is 29.7 Å². The molecule has 204 valence electrons. The topological polar surface area (TPSA) is 140 Å². The Kier molecular flexibility index (Phi) is 8.62. The highest BCUT2D eigenvalue weighted by atomic mass is 19.1. The lowest BCUT2D eigenvalue weighted by molar-refractivity contribution is -0.138. The lowest BCUT2D eigenvalue weighted by Gasteiger charge is -2.43. The summed E-state index contributed by atoms with van der Waals surface area (Å²) in [5.74, 6) is -2.31. The molecule has 37 heavy (non-hydrogen) atoms. The SMILES string of the molecule is CN1CCN(C2CCN(c3c(F)cncc3NC(=O)C(C(N)N=O)C3NCC(F)CN3C)CC2)C(=O)C1. The molecular weight excluding hydrogens is 488 g/mol. The van der Waals surface area contributed by atoms with E-state index in [4.69, 9.17) is 5.73 Å². The molecule has 12 nitrogen and oxygen atoms in total. The summed E-state index contributed by atoms with van der Waals surface area (Å²) in [5, 5.41) is 8.44. The van der Waals surface area contributed by atoms with Crippen LogP contribution in [0.4, 0.5) is 20.2 Å². The van der Waals surface area contributed by atoms with Crippen molar-refractivity contribution in [1.82, 2.24) is 25.0 Å². The van der Waals surface area contributed by atoms with Gasteiger partial charge in [0.15, 0.2) is 12.0 Å². The number of nitrogens with one attached hydrogen (secondary N) is 2. The largest absolute Gasteiger partial charge is 0.367 e. The van der Waals surface area contributed by atoms with Gasteiger partial charge in [-0.1, -0.05) is 5.18 Å². The lowest BCUT2D eigenvalue weighted by atomic mass is 9.98. The molecule has 0 aliphatic carbocycles. The highest BCUT2D eigenvalue weighted by Crippen LogP contribution is 2.32. The summed E-state index contributed by atoms with van der Waals surface area (Å²) in [6, 6.07) is 0.0775. The number of hydrogen-bond acceptors (Lipinski definition) is 10. The number of hydrogen-bond donors (Lipinski definition) is 3. The molecule has 14 heteroatoms. The molecule has 3 fully saturated rings. The van der Waals surface area contributed by atoms with Gasteiger partial charge in [-0.25, -0.2) is 8.78 Å². The first-order valence-electron chi connectivity index (χ1n) is 12.5. The van der Waals surface area contributed by atoms with E-state index in [0.29, 0.717) is 39.0 Å². The second-order valence-electron chi connectivity index (χ2n) is 10.1. The monoisotopic (exact) mass is 523 g/mol. The number of alkyl halides is 1. The van der Waals surface area contributed by atoms with Gasteiger partial charge in [-0.2, -0.15) is 0 Å². The third-order valence-electron chi connectivity index (χ3n) is 7.44. The molecule has 2 amide bonds. The number of carbonyl (C=O) groups is 2. The molecule has 4 atom stereocenters. The average molecular weight is 524 g/mol. The first-order chi connectivity index (χ1) is 17.7. The summed E-state index contributed by atoms with van der Waals surface area (Å²) in [6.45, 7) is 2.91. The van der Waals surface area contributed by atoms with Gasteiger partial charge in [-0.15, -0.1) is 4.91 Å². The van der Waals surface area contributed by atoms with Gasteiger partial charge in [0.1, 0.15) is 17.8 Å². The van der Waals surface area contributed by atoms with Gasteiger partial charge in [0, 0.05) is 45.3 Å². The van der Waals surface area contributed by atoms with Crippen LogP contribution < -0.4 is 21.3 Å². The van der Waals surface area contributed by atoms with Crippen LogP contribution in [0.5, 0.6) is 0 Å². The van der Waals surface area contributed by atoms with Gasteiger partial charge in [0.25, 0.3) is 0 Å². The molecule has 0 bridgehead atoms. The Morgan fingerprint density at radius 1 is 1.24 bits per heavy atom. The Morgan fingerprint density at radius 3 is 2.62 bits per heavy atom. The van der Waals surface area contributed by atoms with E-state index in [1.165, 1.54) is 6.20 Å². The number of anilines is 2. The number of nitrogens with two attached hydrogens (primary N) is 1. The number of piperidine rings is 1. The summed E-state index contributed by atoms with van der Waals surface area (Å²) in [7, 11) is 3.54. The fourth-order valence-electron chi connectivity index (χ4n) is 5.50. The number of carbonyl (C=O) groups excluding carboxylic acids is 2. The van der Waals surface area contributed by atoms with Crippen molar-refractivity contribution >= 4 is 23.2 Å². The van der Waals surface area contributed by atoms with E-state index in [1.807, 2.05) is 21.7 Å². The van der Waals surface area contributed by atoms with E-state index >= 15 is 4.39 Å². The van der Waals surface area contributed by atoms with Crippen molar-refractivity contribution in [2.75, 3.05) is 70.1 Å². The highest BCUT2D eigenvalue weighted by molar-refractivity contribution is 5.96. The molecule has 4 rings (SSSR count). The average Bonchev–Trinajstić information content (AvgIpc) is 2.86. The highest BCUT2D eigenvalue weighted by Gasteiger charge is 2.40. The van der Waals surface area contributed by atoms with Crippen LogP contribution in [0, 0.1) is 16.6 Å². The zero-order valence-corrected chi connectivity index (χ0v) is 21.1. The molecule has 1 aromatic heterocycles. The van der Waals surface area contributed by atoms with Crippen molar-refractivity contribution in [2.24, 2.45) is 16.8 Å². The Hall–Kier alpha value is -2.81. The Bertz CT molecular complexity index is 994. The number of halogens is 2. The van der Waals surface area contributed by atoms with Crippen LogP contribution in [0.1, 0.15) is 12.8 Å². The number of nitroso groups, excluding NO2 is 1. The van der Waals surface area contributed by atoms with Gasteiger partial charge >= 0.3 is 0 Å². The Labute approximate surface area is 214 Å². The third kappa shape index (κ3) is 6.03. The smallest absolute Gasteiger partial charge is 0.237 e. The summed E-state index contributed by atoms with van der Waals surface area (Å²) in [5.41, 5.74) is 6.21. The Morgan fingerprint density at radius 2 is 1.97 bits per heavy atom. The van der Waals surface area contributed by atoms with Crippen molar-refractivity contribution in [3.8, 4) is 0 Å². The van der Waals surface area contributed by atoms with Gasteiger partial charge in [0.2, 0.25) is 11.8 Å². The minimum atomic E-state index is -1.40. The second kappa shape index (κ2) is 11.7. The van der Waals surface area contributed by atoms with E-state index < -0.39 is 36.1 Å². The minimum absolute atomic E-state index is 0.00187. The summed E-state index contributed by atoms with van der Waals surface area (Å²) in [4.78, 5) is 48.3. The molecule has 0 aromatic carbocycles. The summed E-state index contributed by atoms with van der Waals surface area (Å²) < 4.78 is 28.8. The van der Waals surface area contributed by atoms with Crippen LogP contribution in [0.25, 0.3) is 0 Å². The van der Waals surface area contributed by atoms with Gasteiger partial charge < -0.3 is 20.9 Å². The molecule has 3 aliphatic heterocycles. The van der Waals surface area contributed by atoms with E-state index in [-0.39, 0.29) is 36.4 Å². The van der Waals surface area contributed by atoms with E-state index in [9.17, 15) is 18.9 Å². The molecule has 4 heterocycles. The predicted octanol–water partition coefficient (Wildman–Crippen LogP) is -0.231. The molecule has 3 saturated heterocycles. The molecule has 4 unspecified atom stereocenters. The molecule has 3 aliphatic rings. The van der Waals surface area contributed by atoms with Crippen LogP contribution in [0.3, 0.4) is 0 Å². The van der Waals surface area contributed by atoms with Crippen LogP contribution in [0.2, 0.25) is 0 Å². The molecule has 0 saturated carbocycles. The maximum Gasteiger partial charge on any atom is 0.237 e. The zero-order chi connectivity index (χ0) is 26.7. The molecule has 4 N–H and O–H groups in total. The number of amides is 2. The lowest BCUT2D eigenvalue weighted by Crippen LogP contribution is -2.62. The number of aromatic nitrogens is 1. The first kappa shape index (κ1) is 27.2. The number of rotatable bonds is 7. The summed E-state index contributed by atoms with van der Waals surface area (Å²) >= 11 is 0. The number of nitrogens with zero attached hydrogens (tertiary/aromatic N) is 6. The van der Waals surface area contributed by atoms with Crippen molar-refractivity contribution in [3.05, 3.63) is 23.1 Å². The molecule has 0 spiro atoms. The van der Waals surface area contributed by atoms with Crippen molar-refractivity contribution in [2.45, 2.75) is 37.4 Å². The first-order valence-corrected chi connectivity index (χ1v) is 12.5. The fourth-order valence-corrected chi connectivity index (χ4v) is 5.50. The van der Waals surface area contributed by atoms with Crippen molar-refractivity contribution in [1.29, 1.82) is 0 Å². The quantitative estimate of drug-likeness (QED) is 0.414. The van der Waals surface area contributed by atoms with Gasteiger partial charge in [0.05, 0.1) is 30.8 Å². The minimum Gasteiger partial charge on any atom is -0.367 e. The number of likely N-dealkylation sites (N-methyl/N-ethyl adjacent to an activating group) is 1. The normalized spacial score (nSPS) is 26.1. The second-order valence-corrected chi connectivity index (χ2v) is 10.1. The van der Waals surface area contributed by atoms with Crippen LogP contribution in [-0.2, 0) is 9.59 Å². The Balaban J connectivity index is 1.48. The van der Waals surface area contributed by atoms with Gasteiger partial charge in [-0.05, 0) is 26.9 Å². The summed E-state index contributed by atoms with van der Waals surface area (Å²) in [6.07, 6.45) is 0.476. The number of piperazine rings is 1. The van der Waals surface area contributed by atoms with Crippen molar-refractivity contribution in [3.63, 3.8) is 0 Å². The zero-order valence-electron chi connectivity index (χ0n) is 21.1. The van der Waals surface area contributed by atoms with Crippen LogP contribution in [0.15, 0.2) is 17.6 Å². The van der Waals surface area contributed by atoms with E-state index in [2.05, 4.69) is 20.8 Å². The van der Waals surface area contributed by atoms with E-state index in [0.717, 1.165) is 12.7 Å². The fraction of sp³-hybridized carbons (Fsp3) is 0.696. The van der Waals surface area contributed by atoms with Crippen LogP contribution in [-0.4, -0.2) is 116 Å². The molecule has 1 aromatic rings. The third-order valence-corrected chi connectivity index (χ3v) is 7.44. The standard InChI is InChI=1S/C23H35F2N9O3/c1-31-7-8-34(18(35)13-31)15-3-5-33(6-4-15)20-16(25)10-27-11-17(20)29-23(36)19(21(26)30-37)22-28-9-14(24)12-32(22)2/h10-11,14-15,19,21-22,28H,3-9,12-13,26H2,1-2H3,(H,29,36). The predicted molar refractivity (Wildman–Crippen MR) is 134 cm³/mol. The maximum absolute atomic E-state index is 15.0. The maximum atomic E-state index is 15.0. The molecular formula is C23H35F2N9O3. The van der Waals surface area contributed by atoms with Crippen LogP contribution >= 0.6 is 0 Å². The van der Waals surface area contributed by atoms with E-state index in [1.54, 1.807) is 11.9 Å². The number of pyridine rings is 1. The molecule has 0 radical (unpaired) electrons. The van der Waals surface area contributed by atoms with Crippen molar-refractivity contribution < 1.29 is 18.4 Å².